The van der Waals surface area contributed by atoms with E-state index >= 15 is 0 Å². The molecule has 2 amide bonds. The molecule has 0 radical (unpaired) electrons. The SMILES string of the molecule is CC(C)[C@H](N)C(=O)N1C[C@H](O)C[C@H]1C(=O)N[C@@H](CO)c1ccc(-c2ccnn2C)cc1. The van der Waals surface area contributed by atoms with Gasteiger partial charge in [0.15, 0.2) is 0 Å². The van der Waals surface area contributed by atoms with Gasteiger partial charge >= 0.3 is 0 Å². The molecule has 0 aliphatic carbocycles. The van der Waals surface area contributed by atoms with Gasteiger partial charge in [0.1, 0.15) is 6.04 Å². The Morgan fingerprint density at radius 1 is 1.26 bits per heavy atom. The molecule has 1 saturated heterocycles. The van der Waals surface area contributed by atoms with Gasteiger partial charge in [0.05, 0.1) is 30.5 Å². The normalized spacial score (nSPS) is 20.7. The molecule has 9 heteroatoms. The maximum atomic E-state index is 13.0. The average Bonchev–Trinajstić information content (AvgIpc) is 3.36. The third-order valence-electron chi connectivity index (χ3n) is 5.80. The lowest BCUT2D eigenvalue weighted by Gasteiger charge is -2.29. The second-order valence-corrected chi connectivity index (χ2v) is 8.37. The number of hydrogen-bond donors (Lipinski definition) is 4. The summed E-state index contributed by atoms with van der Waals surface area (Å²) in [5.74, 6) is -0.861. The minimum atomic E-state index is -0.824. The van der Waals surface area contributed by atoms with E-state index in [1.54, 1.807) is 10.9 Å². The van der Waals surface area contributed by atoms with Gasteiger partial charge in [0.25, 0.3) is 0 Å². The van der Waals surface area contributed by atoms with Crippen molar-refractivity contribution in [2.45, 2.75) is 44.5 Å². The smallest absolute Gasteiger partial charge is 0.243 e. The third-order valence-corrected chi connectivity index (χ3v) is 5.80. The van der Waals surface area contributed by atoms with Crippen LogP contribution >= 0.6 is 0 Å². The van der Waals surface area contributed by atoms with E-state index in [1.807, 2.05) is 51.2 Å². The molecule has 1 aromatic carbocycles. The molecule has 0 bridgehead atoms. The predicted molar refractivity (Wildman–Crippen MR) is 116 cm³/mol. The van der Waals surface area contributed by atoms with E-state index in [0.29, 0.717) is 0 Å². The van der Waals surface area contributed by atoms with Gasteiger partial charge in [-0.2, -0.15) is 5.10 Å². The van der Waals surface area contributed by atoms with E-state index in [0.717, 1.165) is 16.8 Å². The summed E-state index contributed by atoms with van der Waals surface area (Å²) in [6.07, 6.45) is 1.07. The second-order valence-electron chi connectivity index (χ2n) is 8.37. The molecular weight excluding hydrogens is 398 g/mol. The molecule has 9 nitrogen and oxygen atoms in total. The lowest BCUT2D eigenvalue weighted by Crippen LogP contribution is -2.53. The van der Waals surface area contributed by atoms with Crippen LogP contribution in [0.5, 0.6) is 0 Å². The van der Waals surface area contributed by atoms with Crippen molar-refractivity contribution < 1.29 is 19.8 Å². The first-order chi connectivity index (χ1) is 14.7. The topological polar surface area (TPSA) is 134 Å². The fourth-order valence-electron chi connectivity index (χ4n) is 3.83. The van der Waals surface area contributed by atoms with Gasteiger partial charge in [-0.3, -0.25) is 14.3 Å². The van der Waals surface area contributed by atoms with Gasteiger partial charge in [-0.05, 0) is 23.1 Å². The standard InChI is InChI=1S/C22H31N5O4/c1-13(2)20(23)22(31)27-11-16(29)10-19(27)21(30)25-17(12-28)14-4-6-15(7-5-14)18-8-9-24-26(18)3/h4-9,13,16-17,19-20,28-29H,10-12,23H2,1-3H3,(H,25,30)/t16-,17+,19+,20+/m1/s1. The number of aliphatic hydroxyl groups excluding tert-OH is 2. The zero-order valence-corrected chi connectivity index (χ0v) is 18.1. The van der Waals surface area contributed by atoms with Gasteiger partial charge in [-0.25, -0.2) is 0 Å². The molecule has 31 heavy (non-hydrogen) atoms. The molecule has 3 rings (SSSR count). The molecule has 4 atom stereocenters. The first-order valence-electron chi connectivity index (χ1n) is 10.5. The van der Waals surface area contributed by atoms with Gasteiger partial charge in [-0.15, -0.1) is 0 Å². The number of nitrogens with zero attached hydrogens (tertiary/aromatic N) is 3. The summed E-state index contributed by atoms with van der Waals surface area (Å²) in [7, 11) is 1.86. The van der Waals surface area contributed by atoms with Crippen LogP contribution in [0.15, 0.2) is 36.5 Å². The number of β-amino-alcohol motifs (C(OH)–C–C–N with tert-alkyl or cyclic N) is 1. The summed E-state index contributed by atoms with van der Waals surface area (Å²) >= 11 is 0. The van der Waals surface area contributed by atoms with E-state index < -0.39 is 30.1 Å². The molecule has 1 aliphatic rings. The molecule has 2 heterocycles. The quantitative estimate of drug-likeness (QED) is 0.496. The van der Waals surface area contributed by atoms with Crippen molar-refractivity contribution in [1.29, 1.82) is 0 Å². The maximum absolute atomic E-state index is 13.0. The molecule has 5 N–H and O–H groups in total. The van der Waals surface area contributed by atoms with Crippen molar-refractivity contribution in [3.05, 3.63) is 42.1 Å². The highest BCUT2D eigenvalue weighted by Crippen LogP contribution is 2.24. The van der Waals surface area contributed by atoms with Crippen LogP contribution in [0, 0.1) is 5.92 Å². The largest absolute Gasteiger partial charge is 0.394 e. The molecule has 2 aromatic rings. The van der Waals surface area contributed by atoms with Crippen molar-refractivity contribution in [2.75, 3.05) is 13.2 Å². The van der Waals surface area contributed by atoms with Crippen LogP contribution in [-0.2, 0) is 16.6 Å². The Bertz CT molecular complexity index is 911. The van der Waals surface area contributed by atoms with Crippen molar-refractivity contribution in [3.8, 4) is 11.3 Å². The first kappa shape index (κ1) is 22.9. The lowest BCUT2D eigenvalue weighted by atomic mass is 10.0. The zero-order valence-electron chi connectivity index (χ0n) is 18.1. The van der Waals surface area contributed by atoms with Crippen molar-refractivity contribution >= 4 is 11.8 Å². The molecule has 1 aromatic heterocycles. The van der Waals surface area contributed by atoms with E-state index in [9.17, 15) is 19.8 Å². The summed E-state index contributed by atoms with van der Waals surface area (Å²) in [5.41, 5.74) is 8.63. The molecular formula is C22H31N5O4. The minimum absolute atomic E-state index is 0.0700. The number of amides is 2. The van der Waals surface area contributed by atoms with Crippen LogP contribution in [0.2, 0.25) is 0 Å². The fraction of sp³-hybridized carbons (Fsp3) is 0.500. The highest BCUT2D eigenvalue weighted by atomic mass is 16.3. The van der Waals surface area contributed by atoms with Crippen LogP contribution in [0.1, 0.15) is 31.9 Å². The van der Waals surface area contributed by atoms with Gasteiger partial charge in [-0.1, -0.05) is 38.1 Å². The second kappa shape index (κ2) is 9.59. The number of carbonyl (C=O) groups is 2. The summed E-state index contributed by atoms with van der Waals surface area (Å²) < 4.78 is 1.76. The molecule has 0 unspecified atom stereocenters. The zero-order chi connectivity index (χ0) is 22.7. The first-order valence-corrected chi connectivity index (χ1v) is 10.5. The highest BCUT2D eigenvalue weighted by molar-refractivity contribution is 5.90. The Labute approximate surface area is 181 Å². The maximum Gasteiger partial charge on any atom is 0.243 e. The number of benzene rings is 1. The van der Waals surface area contributed by atoms with Crippen molar-refractivity contribution in [3.63, 3.8) is 0 Å². The number of aliphatic hydroxyl groups is 2. The monoisotopic (exact) mass is 429 g/mol. The number of nitrogens with one attached hydrogen (secondary N) is 1. The Morgan fingerprint density at radius 2 is 1.94 bits per heavy atom. The molecule has 168 valence electrons. The van der Waals surface area contributed by atoms with Crippen molar-refractivity contribution in [2.24, 2.45) is 18.7 Å². The summed E-state index contributed by atoms with van der Waals surface area (Å²) in [5, 5.41) is 26.9. The highest BCUT2D eigenvalue weighted by Gasteiger charge is 2.41. The van der Waals surface area contributed by atoms with E-state index in [4.69, 9.17) is 5.73 Å². The molecule has 0 spiro atoms. The molecule has 0 saturated carbocycles. The van der Waals surface area contributed by atoms with E-state index in [2.05, 4.69) is 10.4 Å². The number of aryl methyl sites for hydroxylation is 1. The number of nitrogens with two attached hydrogens (primary N) is 1. The Balaban J connectivity index is 1.72. The van der Waals surface area contributed by atoms with Gasteiger partial charge in [0, 0.05) is 26.2 Å². The van der Waals surface area contributed by atoms with Crippen molar-refractivity contribution in [1.82, 2.24) is 20.0 Å². The van der Waals surface area contributed by atoms with Crippen LogP contribution in [-0.4, -0.2) is 68.0 Å². The Morgan fingerprint density at radius 3 is 2.48 bits per heavy atom. The van der Waals surface area contributed by atoms with Crippen LogP contribution in [0.25, 0.3) is 11.3 Å². The average molecular weight is 430 g/mol. The minimum Gasteiger partial charge on any atom is -0.394 e. The Hall–Kier alpha value is -2.75. The van der Waals surface area contributed by atoms with Gasteiger partial charge in [0.2, 0.25) is 11.8 Å². The Kier molecular flexibility index (Phi) is 7.09. The number of rotatable bonds is 7. The molecule has 1 fully saturated rings. The number of likely N-dealkylation sites (tertiary alicyclic amines) is 1. The third kappa shape index (κ3) is 4.95. The predicted octanol–water partition coefficient (Wildman–Crippen LogP) is 0.182. The summed E-state index contributed by atoms with van der Waals surface area (Å²) in [6.45, 7) is 3.44. The van der Waals surface area contributed by atoms with E-state index in [-0.39, 0.29) is 31.4 Å². The number of carbonyl (C=O) groups excluding carboxylic acids is 2. The fourth-order valence-corrected chi connectivity index (χ4v) is 3.83. The number of aromatic nitrogens is 2. The number of hydrogen-bond acceptors (Lipinski definition) is 6. The summed E-state index contributed by atoms with van der Waals surface area (Å²) in [4.78, 5) is 27.0. The van der Waals surface area contributed by atoms with Crippen LogP contribution < -0.4 is 11.1 Å². The van der Waals surface area contributed by atoms with Crippen LogP contribution in [0.4, 0.5) is 0 Å². The van der Waals surface area contributed by atoms with Crippen LogP contribution in [0.3, 0.4) is 0 Å². The van der Waals surface area contributed by atoms with E-state index in [1.165, 1.54) is 4.90 Å². The molecule has 1 aliphatic heterocycles. The van der Waals surface area contributed by atoms with Gasteiger partial charge < -0.3 is 26.2 Å². The summed E-state index contributed by atoms with van der Waals surface area (Å²) in [6, 6.07) is 7.18. The lowest BCUT2D eigenvalue weighted by molar-refractivity contribution is -0.140.